The lowest BCUT2D eigenvalue weighted by Crippen LogP contribution is -2.05. The van der Waals surface area contributed by atoms with E-state index in [-0.39, 0.29) is 6.61 Å². The minimum Gasteiger partial charge on any atom is -0.493 e. The van der Waals surface area contributed by atoms with Crippen molar-refractivity contribution in [2.24, 2.45) is 0 Å². The van der Waals surface area contributed by atoms with Crippen LogP contribution in [0.4, 0.5) is 0 Å². The molecule has 0 aliphatic rings. The number of hydrogen-bond acceptors (Lipinski definition) is 3. The zero-order chi connectivity index (χ0) is 15.7. The molecule has 0 atom stereocenters. The van der Waals surface area contributed by atoms with Crippen molar-refractivity contribution in [2.75, 3.05) is 19.8 Å². The molecule has 0 bridgehead atoms. The lowest BCUT2D eigenvalue weighted by atomic mass is 10.0. The van der Waals surface area contributed by atoms with Gasteiger partial charge in [-0.05, 0) is 74.0 Å². The van der Waals surface area contributed by atoms with Crippen LogP contribution in [0, 0.1) is 0 Å². The van der Waals surface area contributed by atoms with Crippen LogP contribution in [0.2, 0.25) is 0 Å². The molecule has 0 aromatic heterocycles. The maximum absolute atomic E-state index is 8.87. The largest absolute Gasteiger partial charge is 0.493 e. The van der Waals surface area contributed by atoms with Gasteiger partial charge in [-0.3, -0.25) is 0 Å². The fourth-order valence-corrected chi connectivity index (χ4v) is 2.22. The lowest BCUT2D eigenvalue weighted by Gasteiger charge is -2.16. The number of aliphatic hydroxyl groups excluding tert-OH is 1. The van der Waals surface area contributed by atoms with E-state index in [1.165, 1.54) is 0 Å². The smallest absolute Gasteiger partial charge is 0.125 e. The zero-order valence-electron chi connectivity index (χ0n) is 12.5. The van der Waals surface area contributed by atoms with Gasteiger partial charge in [0, 0.05) is 13.0 Å². The van der Waals surface area contributed by atoms with Crippen molar-refractivity contribution in [3.05, 3.63) is 32.7 Å². The van der Waals surface area contributed by atoms with Crippen molar-refractivity contribution in [3.63, 3.8) is 0 Å². The molecule has 0 fully saturated rings. The van der Waals surface area contributed by atoms with Gasteiger partial charge in [-0.15, -0.1) is 0 Å². The van der Waals surface area contributed by atoms with Crippen LogP contribution in [-0.4, -0.2) is 24.9 Å². The third kappa shape index (κ3) is 6.41. The minimum atomic E-state index is 0.151. The van der Waals surface area contributed by atoms with E-state index in [0.29, 0.717) is 19.6 Å². The molecule has 21 heavy (non-hydrogen) atoms. The van der Waals surface area contributed by atoms with Crippen molar-refractivity contribution >= 4 is 31.9 Å². The summed E-state index contributed by atoms with van der Waals surface area (Å²) in [4.78, 5) is 0. The maximum Gasteiger partial charge on any atom is 0.125 e. The van der Waals surface area contributed by atoms with E-state index < -0.39 is 0 Å². The Bertz CT molecular complexity index is 444. The van der Waals surface area contributed by atoms with E-state index in [9.17, 15) is 0 Å². The molecule has 0 radical (unpaired) electrons. The second kappa shape index (κ2) is 10.2. The van der Waals surface area contributed by atoms with Crippen LogP contribution in [-0.2, 0) is 12.8 Å². The summed E-state index contributed by atoms with van der Waals surface area (Å²) < 4.78 is 12.5. The summed E-state index contributed by atoms with van der Waals surface area (Å²) in [5.74, 6) is 1.80. The standard InChI is InChI=1S/C16H22Br2O3/c1-3-12-10-14(20-9-6-15(17)18)11-13(4-2)16(12)21-8-5-7-19/h6,10-11,19H,3-5,7-9H2,1-2H3. The third-order valence-corrected chi connectivity index (χ3v) is 3.66. The van der Waals surface area contributed by atoms with E-state index in [0.717, 1.165) is 38.9 Å². The van der Waals surface area contributed by atoms with Crippen LogP contribution in [0.3, 0.4) is 0 Å². The molecule has 0 heterocycles. The highest BCUT2D eigenvalue weighted by molar-refractivity contribution is 9.28. The first kappa shape index (κ1) is 18.5. The van der Waals surface area contributed by atoms with Gasteiger partial charge >= 0.3 is 0 Å². The summed E-state index contributed by atoms with van der Waals surface area (Å²) in [6, 6.07) is 4.06. The van der Waals surface area contributed by atoms with Crippen molar-refractivity contribution in [1.82, 2.24) is 0 Å². The first-order chi connectivity index (χ1) is 10.1. The van der Waals surface area contributed by atoms with Crippen molar-refractivity contribution < 1.29 is 14.6 Å². The quantitative estimate of drug-likeness (QED) is 0.593. The zero-order valence-corrected chi connectivity index (χ0v) is 15.7. The first-order valence-electron chi connectivity index (χ1n) is 7.15. The van der Waals surface area contributed by atoms with E-state index in [2.05, 4.69) is 45.7 Å². The first-order valence-corrected chi connectivity index (χ1v) is 8.74. The van der Waals surface area contributed by atoms with Gasteiger partial charge in [0.05, 0.1) is 10.00 Å². The Morgan fingerprint density at radius 1 is 1.14 bits per heavy atom. The summed E-state index contributed by atoms with van der Waals surface area (Å²) in [7, 11) is 0. The predicted octanol–water partition coefficient (Wildman–Crippen LogP) is 4.58. The molecule has 1 aromatic rings. The monoisotopic (exact) mass is 420 g/mol. The van der Waals surface area contributed by atoms with Gasteiger partial charge in [-0.1, -0.05) is 13.8 Å². The Morgan fingerprint density at radius 3 is 2.24 bits per heavy atom. The number of rotatable bonds is 9. The van der Waals surface area contributed by atoms with Gasteiger partial charge in [0.2, 0.25) is 0 Å². The summed E-state index contributed by atoms with van der Waals surface area (Å²) in [6.07, 6.45) is 4.32. The number of aryl methyl sites for hydroxylation is 2. The Labute approximate surface area is 143 Å². The van der Waals surface area contributed by atoms with Crippen LogP contribution < -0.4 is 9.47 Å². The highest BCUT2D eigenvalue weighted by atomic mass is 79.9. The average molecular weight is 422 g/mol. The second-order valence-corrected chi connectivity index (χ2v) is 7.28. The molecule has 0 saturated carbocycles. The van der Waals surface area contributed by atoms with Crippen molar-refractivity contribution in [3.8, 4) is 11.5 Å². The summed E-state index contributed by atoms with van der Waals surface area (Å²) in [5.41, 5.74) is 2.29. The average Bonchev–Trinajstić information content (AvgIpc) is 2.47. The molecule has 0 unspecified atom stereocenters. The molecule has 5 heteroatoms. The molecule has 0 aliphatic heterocycles. The van der Waals surface area contributed by atoms with E-state index in [1.807, 2.05) is 18.2 Å². The predicted molar refractivity (Wildman–Crippen MR) is 93.8 cm³/mol. The van der Waals surface area contributed by atoms with E-state index in [1.54, 1.807) is 0 Å². The van der Waals surface area contributed by atoms with Gasteiger partial charge in [-0.25, -0.2) is 0 Å². The number of hydrogen-bond donors (Lipinski definition) is 1. The van der Waals surface area contributed by atoms with Gasteiger partial charge in [0.1, 0.15) is 18.1 Å². The van der Waals surface area contributed by atoms with Crippen molar-refractivity contribution in [1.29, 1.82) is 0 Å². The fraction of sp³-hybridized carbons (Fsp3) is 0.500. The lowest BCUT2D eigenvalue weighted by molar-refractivity contribution is 0.231. The Balaban J connectivity index is 2.91. The van der Waals surface area contributed by atoms with Gasteiger partial charge < -0.3 is 14.6 Å². The topological polar surface area (TPSA) is 38.7 Å². The molecule has 0 spiro atoms. The van der Waals surface area contributed by atoms with Crippen LogP contribution in [0.5, 0.6) is 11.5 Å². The van der Waals surface area contributed by atoms with E-state index >= 15 is 0 Å². The minimum absolute atomic E-state index is 0.151. The molecule has 1 N–H and O–H groups in total. The molecule has 118 valence electrons. The highest BCUT2D eigenvalue weighted by Crippen LogP contribution is 2.31. The maximum atomic E-state index is 8.87. The summed E-state index contributed by atoms with van der Waals surface area (Å²) in [6.45, 7) is 5.40. The molecule has 0 amide bonds. The Hall–Kier alpha value is -0.520. The molecule has 0 aliphatic carbocycles. The van der Waals surface area contributed by atoms with Crippen LogP contribution in [0.15, 0.2) is 21.6 Å². The normalized spacial score (nSPS) is 10.3. The van der Waals surface area contributed by atoms with Crippen molar-refractivity contribution in [2.45, 2.75) is 33.1 Å². The Morgan fingerprint density at radius 2 is 1.76 bits per heavy atom. The van der Waals surface area contributed by atoms with Crippen LogP contribution in [0.1, 0.15) is 31.4 Å². The SMILES string of the molecule is CCc1cc(OCC=C(Br)Br)cc(CC)c1OCCCO. The van der Waals surface area contributed by atoms with Gasteiger partial charge in [0.25, 0.3) is 0 Å². The molecule has 0 saturated heterocycles. The molecule has 1 aromatic carbocycles. The number of benzene rings is 1. The van der Waals surface area contributed by atoms with Gasteiger partial charge in [-0.2, -0.15) is 0 Å². The molecule has 3 nitrogen and oxygen atoms in total. The summed E-state index contributed by atoms with van der Waals surface area (Å²) in [5, 5.41) is 8.87. The fourth-order valence-electron chi connectivity index (χ4n) is 1.96. The number of ether oxygens (including phenoxy) is 2. The van der Waals surface area contributed by atoms with Gasteiger partial charge in [0.15, 0.2) is 0 Å². The molecular weight excluding hydrogens is 400 g/mol. The number of halogens is 2. The molecule has 1 rings (SSSR count). The third-order valence-electron chi connectivity index (χ3n) is 3.01. The van der Waals surface area contributed by atoms with E-state index in [4.69, 9.17) is 14.6 Å². The van der Waals surface area contributed by atoms with Crippen LogP contribution in [0.25, 0.3) is 0 Å². The van der Waals surface area contributed by atoms with Crippen LogP contribution >= 0.6 is 31.9 Å². The second-order valence-electron chi connectivity index (χ2n) is 4.51. The highest BCUT2D eigenvalue weighted by Gasteiger charge is 2.11. The summed E-state index contributed by atoms with van der Waals surface area (Å²) >= 11 is 6.62. The Kier molecular flexibility index (Phi) is 9.04. The number of aliphatic hydroxyl groups is 1. The molecular formula is C16H22Br2O3.